The Kier molecular flexibility index (Phi) is 2.34. The molecule has 1 N–H and O–H groups in total. The molecule has 0 aliphatic heterocycles. The average Bonchev–Trinajstić information content (AvgIpc) is 2.87. The lowest BCUT2D eigenvalue weighted by atomic mass is 10.1. The molecule has 0 amide bonds. The summed E-state index contributed by atoms with van der Waals surface area (Å²) in [6.45, 7) is -0.137. The van der Waals surface area contributed by atoms with Gasteiger partial charge in [0.1, 0.15) is 12.3 Å². The summed E-state index contributed by atoms with van der Waals surface area (Å²) in [6, 6.07) is 11.5. The fourth-order valence-corrected chi connectivity index (χ4v) is 1.76. The summed E-state index contributed by atoms with van der Waals surface area (Å²) >= 11 is 0. The van der Waals surface area contributed by atoms with Crippen LogP contribution in [-0.4, -0.2) is 15.2 Å². The third-order valence-corrected chi connectivity index (χ3v) is 2.61. The van der Waals surface area contributed by atoms with Gasteiger partial charge in [0.05, 0.1) is 5.52 Å². The summed E-state index contributed by atoms with van der Waals surface area (Å²) in [6.07, 6.45) is 1.77. The first-order chi connectivity index (χ1) is 8.36. The summed E-state index contributed by atoms with van der Waals surface area (Å²) in [5.41, 5.74) is 2.62. The number of aromatic nitrogens is 2. The van der Waals surface area contributed by atoms with E-state index in [0.29, 0.717) is 5.76 Å². The average molecular weight is 226 g/mol. The minimum atomic E-state index is -0.137. The SMILES string of the molecule is OCc1cc(-c2ccc3ncccc3c2)no1. The molecule has 0 bridgehead atoms. The molecule has 17 heavy (non-hydrogen) atoms. The molecule has 4 heteroatoms. The number of hydrogen-bond donors (Lipinski definition) is 1. The molecule has 1 aromatic carbocycles. The molecule has 3 rings (SSSR count). The van der Waals surface area contributed by atoms with E-state index in [-0.39, 0.29) is 6.61 Å². The zero-order chi connectivity index (χ0) is 11.7. The fraction of sp³-hybridized carbons (Fsp3) is 0.0769. The molecule has 2 aromatic heterocycles. The van der Waals surface area contributed by atoms with Crippen LogP contribution < -0.4 is 0 Å². The molecule has 3 aromatic rings. The second kappa shape index (κ2) is 3.99. The minimum Gasteiger partial charge on any atom is -0.388 e. The van der Waals surface area contributed by atoms with E-state index >= 15 is 0 Å². The molecule has 0 radical (unpaired) electrons. The van der Waals surface area contributed by atoms with Crippen LogP contribution in [0.4, 0.5) is 0 Å². The lowest BCUT2D eigenvalue weighted by molar-refractivity contribution is 0.229. The number of aliphatic hydroxyl groups excluding tert-OH is 1. The summed E-state index contributed by atoms with van der Waals surface area (Å²) in [7, 11) is 0. The number of nitrogens with zero attached hydrogens (tertiary/aromatic N) is 2. The summed E-state index contributed by atoms with van der Waals surface area (Å²) < 4.78 is 4.96. The zero-order valence-corrected chi connectivity index (χ0v) is 9.00. The molecule has 0 atom stereocenters. The first-order valence-electron chi connectivity index (χ1n) is 5.28. The molecule has 0 spiro atoms. The van der Waals surface area contributed by atoms with E-state index in [1.165, 1.54) is 0 Å². The zero-order valence-electron chi connectivity index (χ0n) is 9.00. The van der Waals surface area contributed by atoms with Gasteiger partial charge in [0, 0.05) is 23.2 Å². The Labute approximate surface area is 97.5 Å². The molecule has 0 saturated carbocycles. The molecule has 0 unspecified atom stereocenters. The van der Waals surface area contributed by atoms with Crippen molar-refractivity contribution in [1.82, 2.24) is 10.1 Å². The Morgan fingerprint density at radius 1 is 1.18 bits per heavy atom. The van der Waals surface area contributed by atoms with Crippen LogP contribution in [0.15, 0.2) is 47.1 Å². The molecule has 0 aliphatic carbocycles. The molecular formula is C13H10N2O2. The van der Waals surface area contributed by atoms with Crippen LogP contribution in [0.5, 0.6) is 0 Å². The highest BCUT2D eigenvalue weighted by molar-refractivity contribution is 5.83. The van der Waals surface area contributed by atoms with Gasteiger partial charge in [-0.05, 0) is 18.2 Å². The summed E-state index contributed by atoms with van der Waals surface area (Å²) in [5, 5.41) is 13.9. The van der Waals surface area contributed by atoms with Gasteiger partial charge in [-0.2, -0.15) is 0 Å². The fourth-order valence-electron chi connectivity index (χ4n) is 1.76. The Morgan fingerprint density at radius 3 is 2.94 bits per heavy atom. The van der Waals surface area contributed by atoms with Crippen molar-refractivity contribution >= 4 is 10.9 Å². The summed E-state index contributed by atoms with van der Waals surface area (Å²) in [5.74, 6) is 0.464. The van der Waals surface area contributed by atoms with Crippen molar-refractivity contribution in [2.75, 3.05) is 0 Å². The van der Waals surface area contributed by atoms with E-state index < -0.39 is 0 Å². The van der Waals surface area contributed by atoms with Crippen molar-refractivity contribution in [2.24, 2.45) is 0 Å². The monoisotopic (exact) mass is 226 g/mol. The van der Waals surface area contributed by atoms with Crippen LogP contribution in [0.2, 0.25) is 0 Å². The van der Waals surface area contributed by atoms with Gasteiger partial charge < -0.3 is 9.63 Å². The van der Waals surface area contributed by atoms with E-state index in [9.17, 15) is 0 Å². The lowest BCUT2D eigenvalue weighted by Gasteiger charge is -1.98. The maximum absolute atomic E-state index is 8.93. The third kappa shape index (κ3) is 1.79. The maximum atomic E-state index is 8.93. The van der Waals surface area contributed by atoms with E-state index in [1.807, 2.05) is 30.3 Å². The minimum absolute atomic E-state index is 0.137. The first kappa shape index (κ1) is 9.99. The van der Waals surface area contributed by atoms with Crippen LogP contribution in [0.25, 0.3) is 22.2 Å². The molecule has 84 valence electrons. The molecular weight excluding hydrogens is 216 g/mol. The van der Waals surface area contributed by atoms with Crippen molar-refractivity contribution in [1.29, 1.82) is 0 Å². The van der Waals surface area contributed by atoms with Crippen LogP contribution in [-0.2, 0) is 6.61 Å². The Morgan fingerprint density at radius 2 is 2.12 bits per heavy atom. The van der Waals surface area contributed by atoms with Crippen molar-refractivity contribution in [3.8, 4) is 11.3 Å². The van der Waals surface area contributed by atoms with Crippen molar-refractivity contribution in [3.05, 3.63) is 48.4 Å². The van der Waals surface area contributed by atoms with E-state index in [0.717, 1.165) is 22.2 Å². The molecule has 2 heterocycles. The van der Waals surface area contributed by atoms with Gasteiger partial charge in [-0.25, -0.2) is 0 Å². The predicted octanol–water partition coefficient (Wildman–Crippen LogP) is 2.38. The van der Waals surface area contributed by atoms with Crippen LogP contribution in [0, 0.1) is 0 Å². The van der Waals surface area contributed by atoms with Gasteiger partial charge in [0.25, 0.3) is 0 Å². The highest BCUT2D eigenvalue weighted by Gasteiger charge is 2.06. The van der Waals surface area contributed by atoms with Gasteiger partial charge >= 0.3 is 0 Å². The van der Waals surface area contributed by atoms with Gasteiger partial charge in [-0.15, -0.1) is 0 Å². The number of hydrogen-bond acceptors (Lipinski definition) is 4. The smallest absolute Gasteiger partial charge is 0.162 e. The second-order valence-corrected chi connectivity index (χ2v) is 3.75. The van der Waals surface area contributed by atoms with Gasteiger partial charge in [-0.3, -0.25) is 4.98 Å². The Bertz CT molecular complexity index is 661. The largest absolute Gasteiger partial charge is 0.388 e. The van der Waals surface area contributed by atoms with Crippen LogP contribution in [0.1, 0.15) is 5.76 Å². The number of rotatable bonds is 2. The van der Waals surface area contributed by atoms with Crippen molar-refractivity contribution in [3.63, 3.8) is 0 Å². The summed E-state index contributed by atoms with van der Waals surface area (Å²) in [4.78, 5) is 4.25. The normalized spacial score (nSPS) is 10.9. The van der Waals surface area contributed by atoms with Gasteiger partial charge in [0.2, 0.25) is 0 Å². The standard InChI is InChI=1S/C13H10N2O2/c16-8-11-7-13(15-17-11)10-3-4-12-9(6-10)2-1-5-14-12/h1-7,16H,8H2. The lowest BCUT2D eigenvalue weighted by Crippen LogP contribution is -1.80. The molecule has 0 saturated heterocycles. The molecule has 0 aliphatic rings. The first-order valence-corrected chi connectivity index (χ1v) is 5.28. The topological polar surface area (TPSA) is 59.2 Å². The van der Waals surface area contributed by atoms with Crippen LogP contribution >= 0.6 is 0 Å². The predicted molar refractivity (Wildman–Crippen MR) is 63.2 cm³/mol. The second-order valence-electron chi connectivity index (χ2n) is 3.75. The number of pyridine rings is 1. The van der Waals surface area contributed by atoms with Gasteiger partial charge in [0.15, 0.2) is 5.76 Å². The maximum Gasteiger partial charge on any atom is 0.162 e. The molecule has 0 fully saturated rings. The van der Waals surface area contributed by atoms with E-state index in [4.69, 9.17) is 9.63 Å². The van der Waals surface area contributed by atoms with Gasteiger partial charge in [-0.1, -0.05) is 17.3 Å². The van der Waals surface area contributed by atoms with Crippen molar-refractivity contribution < 1.29 is 9.63 Å². The number of aliphatic hydroxyl groups is 1. The quantitative estimate of drug-likeness (QED) is 0.728. The highest BCUT2D eigenvalue weighted by Crippen LogP contribution is 2.23. The molecule has 4 nitrogen and oxygen atoms in total. The number of fused-ring (bicyclic) bond motifs is 1. The Balaban J connectivity index is 2.11. The van der Waals surface area contributed by atoms with E-state index in [1.54, 1.807) is 12.3 Å². The number of benzene rings is 1. The Hall–Kier alpha value is -2.20. The highest BCUT2D eigenvalue weighted by atomic mass is 16.5. The van der Waals surface area contributed by atoms with Crippen LogP contribution in [0.3, 0.4) is 0 Å². The third-order valence-electron chi connectivity index (χ3n) is 2.61. The van der Waals surface area contributed by atoms with E-state index in [2.05, 4.69) is 10.1 Å². The van der Waals surface area contributed by atoms with Crippen molar-refractivity contribution in [2.45, 2.75) is 6.61 Å².